The molecule has 1 aromatic rings. The number of carbonyl (C=O) groups is 4. The highest BCUT2D eigenvalue weighted by Gasteiger charge is 2.47. The summed E-state index contributed by atoms with van der Waals surface area (Å²) in [6.07, 6.45) is 3.53. The maximum Gasteiger partial charge on any atom is 0.308 e. The summed E-state index contributed by atoms with van der Waals surface area (Å²) in [4.78, 5) is 49.5. The van der Waals surface area contributed by atoms with Gasteiger partial charge in [0.25, 0.3) is 5.91 Å². The number of rotatable bonds is 8. The number of halogens is 1. The van der Waals surface area contributed by atoms with Crippen molar-refractivity contribution >= 4 is 23.7 Å². The van der Waals surface area contributed by atoms with Crippen molar-refractivity contribution in [2.45, 2.75) is 38.5 Å². The summed E-state index contributed by atoms with van der Waals surface area (Å²) in [6.45, 7) is -0.251. The van der Waals surface area contributed by atoms with E-state index >= 15 is 0 Å². The number of carbonyl (C=O) groups excluding carboxylic acids is 4. The Morgan fingerprint density at radius 1 is 1.10 bits per heavy atom. The van der Waals surface area contributed by atoms with E-state index in [-0.39, 0.29) is 49.0 Å². The molecule has 29 heavy (non-hydrogen) atoms. The number of hydrogen-bond donors (Lipinski definition) is 1. The van der Waals surface area contributed by atoms with E-state index in [2.05, 4.69) is 5.32 Å². The van der Waals surface area contributed by atoms with E-state index in [0.717, 1.165) is 30.6 Å². The minimum absolute atomic E-state index is 0.0155. The second-order valence-corrected chi connectivity index (χ2v) is 7.43. The fourth-order valence-electron chi connectivity index (χ4n) is 3.96. The quantitative estimate of drug-likeness (QED) is 0.525. The van der Waals surface area contributed by atoms with Crippen LogP contribution in [0.15, 0.2) is 24.3 Å². The molecule has 0 bridgehead atoms. The van der Waals surface area contributed by atoms with Crippen LogP contribution in [-0.2, 0) is 30.3 Å². The van der Waals surface area contributed by atoms with Crippen LogP contribution in [0.5, 0.6) is 0 Å². The Bertz CT molecular complexity index is 773. The third-order valence-corrected chi connectivity index (χ3v) is 5.51. The van der Waals surface area contributed by atoms with Gasteiger partial charge in [-0.1, -0.05) is 31.0 Å². The standard InChI is InChI=1S/C21H25FN2O5/c22-17-8-4-1-5-14(17)9-11-23-18(25)13-29-19(26)10-12-24-20(27)15-6-2-3-7-16(15)21(24)28/h1,4-5,8,15-16H,2-3,6-7,9-13H2,(H,23,25)/t15-,16+. The molecule has 1 aromatic carbocycles. The summed E-state index contributed by atoms with van der Waals surface area (Å²) in [5.41, 5.74) is 0.491. The Balaban J connectivity index is 1.34. The average molecular weight is 404 g/mol. The molecule has 1 saturated heterocycles. The molecule has 1 heterocycles. The van der Waals surface area contributed by atoms with E-state index in [4.69, 9.17) is 4.74 Å². The number of hydrogen-bond acceptors (Lipinski definition) is 5. The van der Waals surface area contributed by atoms with Crippen molar-refractivity contribution in [2.75, 3.05) is 19.7 Å². The van der Waals surface area contributed by atoms with Crippen LogP contribution in [0.25, 0.3) is 0 Å². The van der Waals surface area contributed by atoms with Gasteiger partial charge in [0.15, 0.2) is 6.61 Å². The van der Waals surface area contributed by atoms with E-state index in [1.165, 1.54) is 6.07 Å². The predicted molar refractivity (Wildman–Crippen MR) is 101 cm³/mol. The molecule has 0 aromatic heterocycles. The third kappa shape index (κ3) is 5.19. The van der Waals surface area contributed by atoms with Crippen LogP contribution in [0.2, 0.25) is 0 Å². The molecule has 1 saturated carbocycles. The van der Waals surface area contributed by atoms with Gasteiger partial charge in [-0.25, -0.2) is 4.39 Å². The molecule has 1 aliphatic heterocycles. The molecule has 0 unspecified atom stereocenters. The van der Waals surface area contributed by atoms with Crippen LogP contribution in [0, 0.1) is 17.7 Å². The van der Waals surface area contributed by atoms with Crippen molar-refractivity contribution in [3.63, 3.8) is 0 Å². The fraction of sp³-hybridized carbons (Fsp3) is 0.524. The Morgan fingerprint density at radius 3 is 2.41 bits per heavy atom. The molecule has 8 heteroatoms. The monoisotopic (exact) mass is 404 g/mol. The van der Waals surface area contributed by atoms with Crippen LogP contribution in [0.4, 0.5) is 4.39 Å². The normalized spacial score (nSPS) is 21.1. The van der Waals surface area contributed by atoms with E-state index in [9.17, 15) is 23.6 Å². The Morgan fingerprint density at radius 2 is 1.76 bits per heavy atom. The van der Waals surface area contributed by atoms with Crippen molar-refractivity contribution in [1.82, 2.24) is 10.2 Å². The molecular weight excluding hydrogens is 379 g/mol. The van der Waals surface area contributed by atoms with Gasteiger partial charge in [0, 0.05) is 13.1 Å². The van der Waals surface area contributed by atoms with Gasteiger partial charge in [0.2, 0.25) is 11.8 Å². The van der Waals surface area contributed by atoms with Crippen molar-refractivity contribution in [3.8, 4) is 0 Å². The first-order valence-corrected chi connectivity index (χ1v) is 9.98. The predicted octanol–water partition coefficient (Wildman–Crippen LogP) is 1.59. The minimum atomic E-state index is -0.648. The van der Waals surface area contributed by atoms with E-state index in [1.54, 1.807) is 18.2 Å². The highest BCUT2D eigenvalue weighted by molar-refractivity contribution is 6.05. The van der Waals surface area contributed by atoms with Crippen molar-refractivity contribution in [1.29, 1.82) is 0 Å². The Labute approximate surface area is 168 Å². The van der Waals surface area contributed by atoms with Crippen LogP contribution in [0.3, 0.4) is 0 Å². The summed E-state index contributed by atoms with van der Waals surface area (Å²) in [5.74, 6) is -2.35. The Kier molecular flexibility index (Phi) is 6.95. The second-order valence-electron chi connectivity index (χ2n) is 7.43. The SMILES string of the molecule is O=C(COC(=O)CCN1C(=O)[C@H]2CCCC[C@H]2C1=O)NCCc1ccccc1F. The van der Waals surface area contributed by atoms with Crippen LogP contribution >= 0.6 is 0 Å². The number of esters is 1. The summed E-state index contributed by atoms with van der Waals surface area (Å²) in [6, 6.07) is 6.29. The van der Waals surface area contributed by atoms with Crippen LogP contribution < -0.4 is 5.32 Å². The summed E-state index contributed by atoms with van der Waals surface area (Å²) in [7, 11) is 0. The average Bonchev–Trinajstić information content (AvgIpc) is 2.97. The highest BCUT2D eigenvalue weighted by Crippen LogP contribution is 2.37. The topological polar surface area (TPSA) is 92.8 Å². The van der Waals surface area contributed by atoms with Crippen molar-refractivity contribution in [2.24, 2.45) is 11.8 Å². The number of amides is 3. The number of imide groups is 1. The molecule has 0 spiro atoms. The molecule has 1 aliphatic carbocycles. The molecule has 156 valence electrons. The molecule has 3 amide bonds. The summed E-state index contributed by atoms with van der Waals surface area (Å²) in [5, 5.41) is 2.56. The van der Waals surface area contributed by atoms with Crippen LogP contribution in [0.1, 0.15) is 37.7 Å². The van der Waals surface area contributed by atoms with Gasteiger partial charge in [-0.2, -0.15) is 0 Å². The van der Waals surface area contributed by atoms with Gasteiger partial charge < -0.3 is 10.1 Å². The Hall–Kier alpha value is -2.77. The lowest BCUT2D eigenvalue weighted by molar-refractivity contribution is -0.149. The molecule has 7 nitrogen and oxygen atoms in total. The maximum atomic E-state index is 13.5. The number of nitrogens with one attached hydrogen (secondary N) is 1. The number of fused-ring (bicyclic) bond motifs is 1. The smallest absolute Gasteiger partial charge is 0.308 e. The van der Waals surface area contributed by atoms with Crippen LogP contribution in [-0.4, -0.2) is 48.3 Å². The maximum absolute atomic E-state index is 13.5. The van der Waals surface area contributed by atoms with E-state index in [0.29, 0.717) is 12.0 Å². The molecule has 3 rings (SSSR count). The van der Waals surface area contributed by atoms with Gasteiger partial charge in [-0.15, -0.1) is 0 Å². The zero-order chi connectivity index (χ0) is 20.8. The van der Waals surface area contributed by atoms with Gasteiger partial charge in [-0.05, 0) is 30.9 Å². The van der Waals surface area contributed by atoms with Gasteiger partial charge in [0.1, 0.15) is 5.82 Å². The van der Waals surface area contributed by atoms with Gasteiger partial charge in [-0.3, -0.25) is 24.1 Å². The largest absolute Gasteiger partial charge is 0.456 e. The number of benzene rings is 1. The summed E-state index contributed by atoms with van der Waals surface area (Å²) < 4.78 is 18.4. The summed E-state index contributed by atoms with van der Waals surface area (Å²) >= 11 is 0. The molecule has 2 atom stereocenters. The molecule has 0 radical (unpaired) electrons. The minimum Gasteiger partial charge on any atom is -0.456 e. The van der Waals surface area contributed by atoms with Gasteiger partial charge >= 0.3 is 5.97 Å². The van der Waals surface area contributed by atoms with E-state index < -0.39 is 18.5 Å². The number of nitrogens with zero attached hydrogens (tertiary/aromatic N) is 1. The van der Waals surface area contributed by atoms with Crippen molar-refractivity contribution < 1.29 is 28.3 Å². The molecule has 1 N–H and O–H groups in total. The van der Waals surface area contributed by atoms with E-state index in [1.807, 2.05) is 0 Å². The lowest BCUT2D eigenvalue weighted by atomic mass is 9.81. The fourth-order valence-corrected chi connectivity index (χ4v) is 3.96. The van der Waals surface area contributed by atoms with Gasteiger partial charge in [0.05, 0.1) is 18.3 Å². The number of likely N-dealkylation sites (tertiary alicyclic amines) is 1. The molecule has 2 fully saturated rings. The highest BCUT2D eigenvalue weighted by atomic mass is 19.1. The zero-order valence-electron chi connectivity index (χ0n) is 16.2. The first-order chi connectivity index (χ1) is 14.0. The molecule has 2 aliphatic rings. The lowest BCUT2D eigenvalue weighted by Crippen LogP contribution is -2.34. The zero-order valence-corrected chi connectivity index (χ0v) is 16.2. The first kappa shape index (κ1) is 21.0. The third-order valence-electron chi connectivity index (χ3n) is 5.51. The van der Waals surface area contributed by atoms with Crippen molar-refractivity contribution in [3.05, 3.63) is 35.6 Å². The molecular formula is C21H25FN2O5. The second kappa shape index (κ2) is 9.62. The lowest BCUT2D eigenvalue weighted by Gasteiger charge is -2.19. The first-order valence-electron chi connectivity index (χ1n) is 9.98. The number of ether oxygens (including phenoxy) is 1.